The molecular formula is C14H12Cl2N2O4S. The SMILES string of the molecule is COC(=O)c1ccccc1NS(=O)(=O)c1cc(Cl)c(N)c(Cl)c1. The van der Waals surface area contributed by atoms with Gasteiger partial charge in [0.25, 0.3) is 10.0 Å². The van der Waals surface area contributed by atoms with Gasteiger partial charge in [-0.1, -0.05) is 35.3 Å². The van der Waals surface area contributed by atoms with Crippen LogP contribution in [-0.4, -0.2) is 21.5 Å². The number of sulfonamides is 1. The van der Waals surface area contributed by atoms with Crippen LogP contribution in [0.1, 0.15) is 10.4 Å². The molecule has 2 aromatic rings. The van der Waals surface area contributed by atoms with E-state index in [1.165, 1.54) is 31.4 Å². The fraction of sp³-hybridized carbons (Fsp3) is 0.0714. The summed E-state index contributed by atoms with van der Waals surface area (Å²) in [6, 6.07) is 8.38. The number of carbonyl (C=O) groups is 1. The molecule has 0 atom stereocenters. The highest BCUT2D eigenvalue weighted by Crippen LogP contribution is 2.31. The summed E-state index contributed by atoms with van der Waals surface area (Å²) in [6.07, 6.45) is 0. The van der Waals surface area contributed by atoms with Crippen molar-refractivity contribution in [2.45, 2.75) is 4.90 Å². The molecule has 0 aromatic heterocycles. The van der Waals surface area contributed by atoms with E-state index in [9.17, 15) is 13.2 Å². The molecule has 122 valence electrons. The summed E-state index contributed by atoms with van der Waals surface area (Å²) in [6.45, 7) is 0. The number of rotatable bonds is 4. The topological polar surface area (TPSA) is 98.5 Å². The number of hydrogen-bond donors (Lipinski definition) is 2. The minimum atomic E-state index is -4.02. The maximum Gasteiger partial charge on any atom is 0.339 e. The minimum absolute atomic E-state index is 0.0131. The summed E-state index contributed by atoms with van der Waals surface area (Å²) < 4.78 is 31.8. The van der Waals surface area contributed by atoms with E-state index in [2.05, 4.69) is 9.46 Å². The summed E-state index contributed by atoms with van der Waals surface area (Å²) in [4.78, 5) is 11.5. The number of carbonyl (C=O) groups excluding carboxylic acids is 1. The highest BCUT2D eigenvalue weighted by Gasteiger charge is 2.20. The molecule has 0 spiro atoms. The first kappa shape index (κ1) is 17.4. The van der Waals surface area contributed by atoms with Crippen LogP contribution in [-0.2, 0) is 14.8 Å². The van der Waals surface area contributed by atoms with Gasteiger partial charge in [-0.15, -0.1) is 0 Å². The van der Waals surface area contributed by atoms with Crippen LogP contribution in [0.25, 0.3) is 0 Å². The number of hydrogen-bond acceptors (Lipinski definition) is 5. The third-order valence-electron chi connectivity index (χ3n) is 2.94. The zero-order valence-corrected chi connectivity index (χ0v) is 14.2. The first-order valence-electron chi connectivity index (χ1n) is 6.21. The van der Waals surface area contributed by atoms with Crippen molar-refractivity contribution in [3.8, 4) is 0 Å². The smallest absolute Gasteiger partial charge is 0.339 e. The molecule has 0 radical (unpaired) electrons. The van der Waals surface area contributed by atoms with Crippen molar-refractivity contribution in [3.63, 3.8) is 0 Å². The largest absolute Gasteiger partial charge is 0.465 e. The molecule has 0 aliphatic rings. The third-order valence-corrected chi connectivity index (χ3v) is 4.91. The number of esters is 1. The molecule has 2 rings (SSSR count). The third kappa shape index (κ3) is 3.69. The molecule has 2 aromatic carbocycles. The standard InChI is InChI=1S/C14H12Cl2N2O4S/c1-22-14(19)9-4-2-3-5-12(9)18-23(20,21)8-6-10(15)13(17)11(16)7-8/h2-7,18H,17H2,1H3. The van der Waals surface area contributed by atoms with Crippen LogP contribution in [0.4, 0.5) is 11.4 Å². The van der Waals surface area contributed by atoms with E-state index in [1.807, 2.05) is 0 Å². The molecule has 0 unspecified atom stereocenters. The zero-order valence-electron chi connectivity index (χ0n) is 11.8. The van der Waals surface area contributed by atoms with Crippen molar-refractivity contribution in [3.05, 3.63) is 52.0 Å². The van der Waals surface area contributed by atoms with E-state index in [0.717, 1.165) is 0 Å². The Morgan fingerprint density at radius 2 is 1.74 bits per heavy atom. The molecule has 0 heterocycles. The second-order valence-corrected chi connectivity index (χ2v) is 6.94. The second kappa shape index (κ2) is 6.66. The Hall–Kier alpha value is -1.96. The molecular weight excluding hydrogens is 363 g/mol. The lowest BCUT2D eigenvalue weighted by Crippen LogP contribution is -2.16. The molecule has 6 nitrogen and oxygen atoms in total. The molecule has 0 fully saturated rings. The Morgan fingerprint density at radius 3 is 2.30 bits per heavy atom. The van der Waals surface area contributed by atoms with Gasteiger partial charge in [-0.2, -0.15) is 0 Å². The summed E-state index contributed by atoms with van der Waals surface area (Å²) in [5.74, 6) is -0.670. The van der Waals surface area contributed by atoms with Crippen LogP contribution >= 0.6 is 23.2 Å². The number of ether oxygens (including phenoxy) is 1. The van der Waals surface area contributed by atoms with Crippen molar-refractivity contribution in [2.24, 2.45) is 0 Å². The highest BCUT2D eigenvalue weighted by atomic mass is 35.5. The van der Waals surface area contributed by atoms with Gasteiger partial charge in [-0.3, -0.25) is 4.72 Å². The number of anilines is 2. The van der Waals surface area contributed by atoms with Gasteiger partial charge in [0, 0.05) is 0 Å². The predicted octanol–water partition coefficient (Wildman–Crippen LogP) is 3.16. The first-order chi connectivity index (χ1) is 10.8. The number of benzene rings is 2. The summed E-state index contributed by atoms with van der Waals surface area (Å²) in [5.41, 5.74) is 5.82. The van der Waals surface area contributed by atoms with E-state index in [1.54, 1.807) is 12.1 Å². The fourth-order valence-electron chi connectivity index (χ4n) is 1.78. The van der Waals surface area contributed by atoms with Crippen molar-refractivity contribution in [1.82, 2.24) is 0 Å². The summed E-state index contributed by atoms with van der Waals surface area (Å²) in [7, 11) is -2.82. The molecule has 0 saturated heterocycles. The van der Waals surface area contributed by atoms with Crippen LogP contribution in [0.2, 0.25) is 10.0 Å². The van der Waals surface area contributed by atoms with Crippen molar-refractivity contribution < 1.29 is 17.9 Å². The number of halogens is 2. The van der Waals surface area contributed by atoms with Gasteiger partial charge in [0.2, 0.25) is 0 Å². The van der Waals surface area contributed by atoms with Crippen LogP contribution in [0.3, 0.4) is 0 Å². The molecule has 0 aliphatic carbocycles. The van der Waals surface area contributed by atoms with Crippen molar-refractivity contribution in [2.75, 3.05) is 17.6 Å². The van der Waals surface area contributed by atoms with E-state index in [-0.39, 0.29) is 31.9 Å². The number of nitrogens with one attached hydrogen (secondary N) is 1. The maximum atomic E-state index is 12.5. The van der Waals surface area contributed by atoms with Gasteiger partial charge in [0.1, 0.15) is 0 Å². The van der Waals surface area contributed by atoms with E-state index in [4.69, 9.17) is 28.9 Å². The molecule has 23 heavy (non-hydrogen) atoms. The molecule has 0 aliphatic heterocycles. The molecule has 0 bridgehead atoms. The molecule has 9 heteroatoms. The van der Waals surface area contributed by atoms with Gasteiger partial charge in [-0.05, 0) is 24.3 Å². The second-order valence-electron chi connectivity index (χ2n) is 4.44. The Morgan fingerprint density at radius 1 is 1.17 bits per heavy atom. The van der Waals surface area contributed by atoms with E-state index >= 15 is 0 Å². The summed E-state index contributed by atoms with van der Waals surface area (Å²) in [5, 5.41) is 0.0262. The lowest BCUT2D eigenvalue weighted by atomic mass is 10.2. The Labute approximate surface area is 143 Å². The molecule has 0 saturated carbocycles. The Balaban J connectivity index is 2.46. The van der Waals surface area contributed by atoms with Gasteiger partial charge in [-0.25, -0.2) is 13.2 Å². The maximum absolute atomic E-state index is 12.5. The lowest BCUT2D eigenvalue weighted by Gasteiger charge is -2.12. The van der Waals surface area contributed by atoms with E-state index in [0.29, 0.717) is 0 Å². The van der Waals surface area contributed by atoms with Crippen LogP contribution in [0.15, 0.2) is 41.3 Å². The Kier molecular flexibility index (Phi) is 5.03. The van der Waals surface area contributed by atoms with Crippen molar-refractivity contribution in [1.29, 1.82) is 0 Å². The van der Waals surface area contributed by atoms with Gasteiger partial charge in [0.05, 0.1) is 39.0 Å². The number of nitrogens with two attached hydrogens (primary N) is 1. The molecule has 0 amide bonds. The minimum Gasteiger partial charge on any atom is -0.465 e. The van der Waals surface area contributed by atoms with Crippen LogP contribution in [0, 0.1) is 0 Å². The average molecular weight is 375 g/mol. The number of nitrogen functional groups attached to an aromatic ring is 1. The zero-order chi connectivity index (χ0) is 17.2. The summed E-state index contributed by atoms with van der Waals surface area (Å²) >= 11 is 11.7. The van der Waals surface area contributed by atoms with Crippen LogP contribution < -0.4 is 10.5 Å². The number of methoxy groups -OCH3 is 1. The van der Waals surface area contributed by atoms with Gasteiger partial charge < -0.3 is 10.5 Å². The quantitative estimate of drug-likeness (QED) is 0.632. The van der Waals surface area contributed by atoms with Crippen LogP contribution in [0.5, 0.6) is 0 Å². The van der Waals surface area contributed by atoms with Gasteiger partial charge >= 0.3 is 5.97 Å². The first-order valence-corrected chi connectivity index (χ1v) is 8.45. The fourth-order valence-corrected chi connectivity index (χ4v) is 3.53. The Bertz CT molecular complexity index is 846. The van der Waals surface area contributed by atoms with E-state index < -0.39 is 16.0 Å². The lowest BCUT2D eigenvalue weighted by molar-refractivity contribution is 0.0602. The van der Waals surface area contributed by atoms with Gasteiger partial charge in [0.15, 0.2) is 0 Å². The van der Waals surface area contributed by atoms with Crippen molar-refractivity contribution >= 4 is 50.6 Å². The normalized spacial score (nSPS) is 11.1. The molecule has 3 N–H and O–H groups in total. The average Bonchev–Trinajstić information content (AvgIpc) is 2.51. The highest BCUT2D eigenvalue weighted by molar-refractivity contribution is 7.92. The monoisotopic (exact) mass is 374 g/mol. The number of para-hydroxylation sites is 1. The predicted molar refractivity (Wildman–Crippen MR) is 89.5 cm³/mol.